The largest absolute Gasteiger partial charge is 0.496 e. The molecular weight excluding hydrogens is 381 g/mol. The van der Waals surface area contributed by atoms with Gasteiger partial charge in [0.2, 0.25) is 5.91 Å². The average molecular weight is 400 g/mol. The fourth-order valence-electron chi connectivity index (χ4n) is 2.30. The van der Waals surface area contributed by atoms with Crippen molar-refractivity contribution >= 4 is 27.3 Å². The Hall–Kier alpha value is -2.12. The number of benzene rings is 2. The first-order chi connectivity index (χ1) is 12.2. The topological polar surface area (TPSA) is 72.5 Å². The zero-order valence-electron chi connectivity index (χ0n) is 14.3. The van der Waals surface area contributed by atoms with Gasteiger partial charge in [0, 0.05) is 17.1 Å². The summed E-state index contributed by atoms with van der Waals surface area (Å²) in [5.74, 6) is -0.999. The molecule has 0 saturated heterocycles. The highest BCUT2D eigenvalue weighted by Crippen LogP contribution is 2.25. The van der Waals surface area contributed by atoms with Gasteiger partial charge in [0.05, 0.1) is 12.9 Å². The standard InChI is InChI=1S/C18H19ClFNO4S/c1-12(18(22)21-10-13-3-6-16(20)7-4-13)26(23,24)11-14-9-15(19)5-8-17(14)25-2/h3-9,12H,10-11H2,1-2H3,(H,21,22). The fourth-order valence-corrected chi connectivity index (χ4v) is 3.81. The molecule has 0 spiro atoms. The third kappa shape index (κ3) is 5.19. The lowest BCUT2D eigenvalue weighted by Crippen LogP contribution is -2.38. The first kappa shape index (κ1) is 20.2. The minimum atomic E-state index is -3.78. The Morgan fingerprint density at radius 3 is 2.50 bits per heavy atom. The third-order valence-corrected chi connectivity index (χ3v) is 6.13. The molecule has 26 heavy (non-hydrogen) atoms. The Morgan fingerprint density at radius 1 is 1.23 bits per heavy atom. The number of hydrogen-bond donors (Lipinski definition) is 1. The summed E-state index contributed by atoms with van der Waals surface area (Å²) >= 11 is 5.92. The predicted molar refractivity (Wildman–Crippen MR) is 98.3 cm³/mol. The van der Waals surface area contributed by atoms with E-state index >= 15 is 0 Å². The van der Waals surface area contributed by atoms with Crippen LogP contribution in [0.4, 0.5) is 4.39 Å². The third-order valence-electron chi connectivity index (χ3n) is 3.89. The fraction of sp³-hybridized carbons (Fsp3) is 0.278. The van der Waals surface area contributed by atoms with Gasteiger partial charge < -0.3 is 10.1 Å². The number of nitrogens with one attached hydrogen (secondary N) is 1. The van der Waals surface area contributed by atoms with E-state index < -0.39 is 21.0 Å². The predicted octanol–water partition coefficient (Wildman–Crippen LogP) is 3.11. The van der Waals surface area contributed by atoms with E-state index in [0.29, 0.717) is 21.9 Å². The van der Waals surface area contributed by atoms with Crippen molar-refractivity contribution in [3.63, 3.8) is 0 Å². The van der Waals surface area contributed by atoms with Crippen molar-refractivity contribution in [2.45, 2.75) is 24.5 Å². The summed E-state index contributed by atoms with van der Waals surface area (Å²) in [7, 11) is -2.35. The van der Waals surface area contributed by atoms with E-state index in [1.54, 1.807) is 12.1 Å². The number of sulfone groups is 1. The van der Waals surface area contributed by atoms with Crippen molar-refractivity contribution in [1.29, 1.82) is 0 Å². The lowest BCUT2D eigenvalue weighted by atomic mass is 10.2. The Morgan fingerprint density at radius 2 is 1.88 bits per heavy atom. The van der Waals surface area contributed by atoms with Crippen molar-refractivity contribution in [2.24, 2.45) is 0 Å². The van der Waals surface area contributed by atoms with Gasteiger partial charge in [-0.3, -0.25) is 4.79 Å². The summed E-state index contributed by atoms with van der Waals surface area (Å²) in [5.41, 5.74) is 1.05. The van der Waals surface area contributed by atoms with Crippen LogP contribution in [0, 0.1) is 5.82 Å². The minimum absolute atomic E-state index is 0.111. The van der Waals surface area contributed by atoms with E-state index in [2.05, 4.69) is 5.32 Å². The highest BCUT2D eigenvalue weighted by atomic mass is 35.5. The van der Waals surface area contributed by atoms with Crippen LogP contribution in [-0.2, 0) is 26.9 Å². The van der Waals surface area contributed by atoms with Crippen LogP contribution in [0.25, 0.3) is 0 Å². The molecule has 140 valence electrons. The van der Waals surface area contributed by atoms with Gasteiger partial charge in [0.25, 0.3) is 0 Å². The smallest absolute Gasteiger partial charge is 0.238 e. The number of halogens is 2. The van der Waals surface area contributed by atoms with E-state index in [4.69, 9.17) is 16.3 Å². The van der Waals surface area contributed by atoms with Crippen molar-refractivity contribution in [3.8, 4) is 5.75 Å². The second-order valence-electron chi connectivity index (χ2n) is 5.75. The molecule has 0 saturated carbocycles. The number of carbonyl (C=O) groups excluding carboxylic acids is 1. The summed E-state index contributed by atoms with van der Waals surface area (Å²) in [6, 6.07) is 10.3. The number of amides is 1. The maximum atomic E-state index is 12.9. The van der Waals surface area contributed by atoms with Gasteiger partial charge in [-0.2, -0.15) is 0 Å². The van der Waals surface area contributed by atoms with E-state index in [0.717, 1.165) is 0 Å². The van der Waals surface area contributed by atoms with Gasteiger partial charge in [-0.05, 0) is 42.8 Å². The Labute approximate surface area is 157 Å². The van der Waals surface area contributed by atoms with Crippen molar-refractivity contribution in [3.05, 3.63) is 64.4 Å². The van der Waals surface area contributed by atoms with Crippen molar-refractivity contribution in [1.82, 2.24) is 5.32 Å². The van der Waals surface area contributed by atoms with E-state index in [1.165, 1.54) is 44.4 Å². The van der Waals surface area contributed by atoms with Gasteiger partial charge in [0.1, 0.15) is 16.8 Å². The first-order valence-electron chi connectivity index (χ1n) is 7.79. The Kier molecular flexibility index (Phi) is 6.61. The molecule has 0 aliphatic carbocycles. The maximum Gasteiger partial charge on any atom is 0.238 e. The lowest BCUT2D eigenvalue weighted by Gasteiger charge is -2.15. The number of ether oxygens (including phenoxy) is 1. The molecule has 2 aromatic rings. The van der Waals surface area contributed by atoms with Crippen LogP contribution >= 0.6 is 11.6 Å². The van der Waals surface area contributed by atoms with Crippen LogP contribution in [0.1, 0.15) is 18.1 Å². The Bertz CT molecular complexity index is 885. The maximum absolute atomic E-state index is 12.9. The molecule has 0 aliphatic heterocycles. The quantitative estimate of drug-likeness (QED) is 0.776. The van der Waals surface area contributed by atoms with E-state index in [9.17, 15) is 17.6 Å². The molecule has 1 atom stereocenters. The van der Waals surface area contributed by atoms with Crippen LogP contribution in [-0.4, -0.2) is 26.7 Å². The van der Waals surface area contributed by atoms with E-state index in [1.807, 2.05) is 0 Å². The average Bonchev–Trinajstić information content (AvgIpc) is 2.60. The van der Waals surface area contributed by atoms with Gasteiger partial charge in [-0.15, -0.1) is 0 Å². The summed E-state index contributed by atoms with van der Waals surface area (Å²) in [4.78, 5) is 12.2. The normalized spacial score (nSPS) is 12.5. The summed E-state index contributed by atoms with van der Waals surface area (Å²) in [6.07, 6.45) is 0. The van der Waals surface area contributed by atoms with Gasteiger partial charge in [0.15, 0.2) is 9.84 Å². The van der Waals surface area contributed by atoms with Crippen LogP contribution in [0.2, 0.25) is 5.02 Å². The molecule has 0 aliphatic rings. The number of methoxy groups -OCH3 is 1. The van der Waals surface area contributed by atoms with Crippen LogP contribution < -0.4 is 10.1 Å². The molecule has 5 nitrogen and oxygen atoms in total. The zero-order valence-corrected chi connectivity index (χ0v) is 15.9. The molecule has 1 N–H and O–H groups in total. The molecule has 8 heteroatoms. The van der Waals surface area contributed by atoms with Gasteiger partial charge in [-0.25, -0.2) is 12.8 Å². The number of rotatable bonds is 7. The summed E-state index contributed by atoms with van der Waals surface area (Å²) < 4.78 is 43.2. The molecule has 2 aromatic carbocycles. The second kappa shape index (κ2) is 8.51. The monoisotopic (exact) mass is 399 g/mol. The number of carbonyl (C=O) groups is 1. The SMILES string of the molecule is COc1ccc(Cl)cc1CS(=O)(=O)C(C)C(=O)NCc1ccc(F)cc1. The van der Waals surface area contributed by atoms with Crippen LogP contribution in [0.3, 0.4) is 0 Å². The van der Waals surface area contributed by atoms with Crippen molar-refractivity contribution < 1.29 is 22.3 Å². The highest BCUT2D eigenvalue weighted by Gasteiger charge is 2.29. The van der Waals surface area contributed by atoms with Gasteiger partial charge in [-0.1, -0.05) is 23.7 Å². The molecule has 1 amide bonds. The van der Waals surface area contributed by atoms with Crippen LogP contribution in [0.5, 0.6) is 5.75 Å². The zero-order chi connectivity index (χ0) is 19.3. The van der Waals surface area contributed by atoms with Gasteiger partial charge >= 0.3 is 0 Å². The molecule has 0 bridgehead atoms. The molecule has 0 aromatic heterocycles. The van der Waals surface area contributed by atoms with Crippen molar-refractivity contribution in [2.75, 3.05) is 7.11 Å². The molecular formula is C18H19ClFNO4S. The number of hydrogen-bond acceptors (Lipinski definition) is 4. The molecule has 0 heterocycles. The summed E-state index contributed by atoms with van der Waals surface area (Å²) in [5, 5.41) is 1.67. The molecule has 2 rings (SSSR count). The molecule has 0 fully saturated rings. The first-order valence-corrected chi connectivity index (χ1v) is 9.88. The lowest BCUT2D eigenvalue weighted by molar-refractivity contribution is -0.120. The Balaban J connectivity index is 2.06. The van der Waals surface area contributed by atoms with Crippen LogP contribution in [0.15, 0.2) is 42.5 Å². The molecule has 1 unspecified atom stereocenters. The highest BCUT2D eigenvalue weighted by molar-refractivity contribution is 7.92. The summed E-state index contributed by atoms with van der Waals surface area (Å²) in [6.45, 7) is 1.44. The second-order valence-corrected chi connectivity index (χ2v) is 8.51. The minimum Gasteiger partial charge on any atom is -0.496 e. The molecule has 0 radical (unpaired) electrons. The van der Waals surface area contributed by atoms with E-state index in [-0.39, 0.29) is 18.1 Å².